The topological polar surface area (TPSA) is 58.6 Å². The molecule has 2 aromatic rings. The predicted octanol–water partition coefficient (Wildman–Crippen LogP) is 3.79. The highest BCUT2D eigenvalue weighted by atomic mass is 32.1. The number of alkyl carbamates (subject to hydrolysis) is 1. The number of hydrogen-bond acceptors (Lipinski definition) is 4. The quantitative estimate of drug-likeness (QED) is 0.772. The van der Waals surface area contributed by atoms with E-state index in [-0.39, 0.29) is 34.7 Å². The van der Waals surface area contributed by atoms with Crippen LogP contribution in [0.5, 0.6) is 0 Å². The molecule has 1 aromatic carbocycles. The molecule has 4 rings (SSSR count). The Morgan fingerprint density at radius 3 is 2.56 bits per heavy atom. The van der Waals surface area contributed by atoms with Crippen LogP contribution in [-0.2, 0) is 10.9 Å². The summed E-state index contributed by atoms with van der Waals surface area (Å²) in [5.74, 6) is -0.702. The minimum Gasteiger partial charge on any atom is -0.447 e. The summed E-state index contributed by atoms with van der Waals surface area (Å²) >= 11 is 0.732. The number of ether oxygens (including phenoxy) is 1. The molecule has 0 unspecified atom stereocenters. The molecule has 0 aliphatic carbocycles. The van der Waals surface area contributed by atoms with Gasteiger partial charge in [-0.1, -0.05) is 0 Å². The average Bonchev–Trinajstić information content (AvgIpc) is 3.12. The second kappa shape index (κ2) is 5.78. The predicted molar refractivity (Wildman–Crippen MR) is 84.9 cm³/mol. The number of cyclic esters (lactones) is 1. The molecule has 2 aliphatic rings. The Hall–Kier alpha value is -2.43. The molecule has 2 saturated heterocycles. The molecule has 0 bridgehead atoms. The first-order chi connectivity index (χ1) is 12.6. The van der Waals surface area contributed by atoms with Crippen molar-refractivity contribution in [3.8, 4) is 0 Å². The molecule has 0 saturated carbocycles. The molecule has 0 atom stereocenters. The van der Waals surface area contributed by atoms with E-state index in [9.17, 15) is 31.5 Å². The summed E-state index contributed by atoms with van der Waals surface area (Å²) in [4.78, 5) is 24.8. The molecule has 2 amide bonds. The Morgan fingerprint density at radius 1 is 1.30 bits per heavy atom. The number of thiophene rings is 1. The van der Waals surface area contributed by atoms with Crippen LogP contribution >= 0.6 is 11.3 Å². The van der Waals surface area contributed by atoms with Crippen molar-refractivity contribution < 1.29 is 36.3 Å². The first-order valence-electron chi connectivity index (χ1n) is 7.76. The molecule has 2 fully saturated rings. The second-order valence-corrected chi connectivity index (χ2v) is 7.55. The van der Waals surface area contributed by atoms with Crippen molar-refractivity contribution in [2.45, 2.75) is 18.1 Å². The van der Waals surface area contributed by atoms with Crippen LogP contribution in [0.2, 0.25) is 0 Å². The number of nitrogens with zero attached hydrogens (tertiary/aromatic N) is 1. The zero-order valence-corrected chi connectivity index (χ0v) is 14.2. The molecule has 1 N–H and O–H groups in total. The summed E-state index contributed by atoms with van der Waals surface area (Å²) in [7, 11) is 0. The van der Waals surface area contributed by atoms with Crippen molar-refractivity contribution in [1.29, 1.82) is 0 Å². The molecular formula is C16H11F5N2O3S. The molecule has 27 heavy (non-hydrogen) atoms. The van der Waals surface area contributed by atoms with E-state index in [4.69, 9.17) is 4.74 Å². The lowest BCUT2D eigenvalue weighted by molar-refractivity contribution is -0.137. The number of halogens is 5. The van der Waals surface area contributed by atoms with E-state index in [1.165, 1.54) is 4.90 Å². The normalized spacial score (nSPS) is 18.7. The average molecular weight is 406 g/mol. The minimum absolute atomic E-state index is 0.0681. The number of benzene rings is 1. The Balaban J connectivity index is 1.68. The van der Waals surface area contributed by atoms with Crippen LogP contribution in [0.3, 0.4) is 0 Å². The maximum absolute atomic E-state index is 13.6. The Kier molecular flexibility index (Phi) is 3.85. The number of nitrogens with one attached hydrogen (secondary N) is 1. The highest BCUT2D eigenvalue weighted by Gasteiger charge is 2.51. The van der Waals surface area contributed by atoms with Gasteiger partial charge in [-0.3, -0.25) is 4.79 Å². The number of hydrogen-bond donors (Lipinski definition) is 1. The van der Waals surface area contributed by atoms with Crippen LogP contribution in [-0.4, -0.2) is 42.1 Å². The second-order valence-electron chi connectivity index (χ2n) is 6.50. The monoisotopic (exact) mass is 406 g/mol. The van der Waals surface area contributed by atoms with Crippen LogP contribution in [0.4, 0.5) is 26.7 Å². The van der Waals surface area contributed by atoms with E-state index in [2.05, 4.69) is 5.32 Å². The van der Waals surface area contributed by atoms with Gasteiger partial charge in [0.15, 0.2) is 0 Å². The van der Waals surface area contributed by atoms with Crippen LogP contribution in [0.1, 0.15) is 27.2 Å². The van der Waals surface area contributed by atoms with Gasteiger partial charge in [-0.05, 0) is 18.2 Å². The summed E-state index contributed by atoms with van der Waals surface area (Å²) in [5.41, 5.74) is -2.47. The van der Waals surface area contributed by atoms with E-state index < -0.39 is 41.3 Å². The van der Waals surface area contributed by atoms with Crippen molar-refractivity contribution in [1.82, 2.24) is 10.2 Å². The molecule has 1 spiro atoms. The van der Waals surface area contributed by atoms with Gasteiger partial charge >= 0.3 is 12.3 Å². The van der Waals surface area contributed by atoms with E-state index in [1.54, 1.807) is 0 Å². The molecule has 3 heterocycles. The van der Waals surface area contributed by atoms with Crippen LogP contribution in [0, 0.1) is 0 Å². The zero-order chi connectivity index (χ0) is 19.6. The molecule has 144 valence electrons. The van der Waals surface area contributed by atoms with Gasteiger partial charge in [-0.2, -0.15) is 13.2 Å². The molecule has 11 heteroatoms. The fourth-order valence-electron chi connectivity index (χ4n) is 3.30. The largest absolute Gasteiger partial charge is 0.447 e. The number of alkyl halides is 5. The fraction of sp³-hybridized carbons (Fsp3) is 0.375. The Morgan fingerprint density at radius 2 is 2.00 bits per heavy atom. The van der Waals surface area contributed by atoms with Gasteiger partial charge in [0.25, 0.3) is 12.3 Å². The minimum atomic E-state index is -4.68. The maximum Gasteiger partial charge on any atom is 0.416 e. The summed E-state index contributed by atoms with van der Waals surface area (Å²) in [6.07, 6.45) is -8.40. The summed E-state index contributed by atoms with van der Waals surface area (Å²) in [6.45, 7) is 0.239. The van der Waals surface area contributed by atoms with Gasteiger partial charge in [-0.15, -0.1) is 11.3 Å². The lowest BCUT2D eigenvalue weighted by atomic mass is 9.91. The van der Waals surface area contributed by atoms with Gasteiger partial charge in [-0.25, -0.2) is 13.6 Å². The first kappa shape index (κ1) is 18.0. The van der Waals surface area contributed by atoms with E-state index >= 15 is 0 Å². The number of likely N-dealkylation sites (tertiary alicyclic amines) is 1. The Labute approximate surface area is 152 Å². The van der Waals surface area contributed by atoms with E-state index in [1.807, 2.05) is 0 Å². The van der Waals surface area contributed by atoms with Crippen molar-refractivity contribution >= 4 is 33.4 Å². The third-order valence-corrected chi connectivity index (χ3v) is 5.76. The van der Waals surface area contributed by atoms with Crippen molar-refractivity contribution in [2.75, 3.05) is 19.7 Å². The van der Waals surface area contributed by atoms with Crippen molar-refractivity contribution in [2.24, 2.45) is 0 Å². The number of carbonyl (C=O) groups is 2. The van der Waals surface area contributed by atoms with Gasteiger partial charge in [0.2, 0.25) is 0 Å². The highest BCUT2D eigenvalue weighted by molar-refractivity contribution is 7.21. The van der Waals surface area contributed by atoms with Gasteiger partial charge in [0.1, 0.15) is 17.0 Å². The standard InChI is InChI=1S/C16H11F5N2O3S/c17-12(18)10-8-3-7(16(19,20)21)1-2-9(8)27-11(10)13(24)23-4-15(5-23)6-26-14(25)22-15/h1-3,12H,4-6H2,(H,22,25). The molecule has 0 radical (unpaired) electrons. The SMILES string of the molecule is O=C1NC2(CO1)CN(C(=O)c1sc3ccc(C(F)(F)F)cc3c1C(F)F)C2. The highest BCUT2D eigenvalue weighted by Crippen LogP contribution is 2.42. The summed E-state index contributed by atoms with van der Waals surface area (Å²) < 4.78 is 70.8. The number of rotatable bonds is 2. The van der Waals surface area contributed by atoms with E-state index in [0.29, 0.717) is 6.07 Å². The third kappa shape index (κ3) is 2.89. The molecule has 1 aromatic heterocycles. The fourth-order valence-corrected chi connectivity index (χ4v) is 4.46. The van der Waals surface area contributed by atoms with Gasteiger partial charge in [0, 0.05) is 28.7 Å². The molecular weight excluding hydrogens is 395 g/mol. The van der Waals surface area contributed by atoms with Crippen LogP contribution in [0.25, 0.3) is 10.1 Å². The summed E-state index contributed by atoms with van der Waals surface area (Å²) in [6, 6.07) is 2.53. The smallest absolute Gasteiger partial charge is 0.416 e. The zero-order valence-electron chi connectivity index (χ0n) is 13.4. The maximum atomic E-state index is 13.6. The first-order valence-corrected chi connectivity index (χ1v) is 8.57. The third-order valence-electron chi connectivity index (χ3n) is 4.59. The van der Waals surface area contributed by atoms with Gasteiger partial charge in [0.05, 0.1) is 5.56 Å². The Bertz CT molecular complexity index is 949. The number of amides is 2. The van der Waals surface area contributed by atoms with Crippen molar-refractivity contribution in [3.63, 3.8) is 0 Å². The van der Waals surface area contributed by atoms with Crippen LogP contribution in [0.15, 0.2) is 18.2 Å². The molecule has 2 aliphatic heterocycles. The van der Waals surface area contributed by atoms with E-state index in [0.717, 1.165) is 23.5 Å². The summed E-state index contributed by atoms with van der Waals surface area (Å²) in [5, 5.41) is 2.29. The van der Waals surface area contributed by atoms with Crippen molar-refractivity contribution in [3.05, 3.63) is 34.2 Å². The van der Waals surface area contributed by atoms with Crippen LogP contribution < -0.4 is 5.32 Å². The number of carbonyl (C=O) groups excluding carboxylic acids is 2. The lowest BCUT2D eigenvalue weighted by Crippen LogP contribution is -2.69. The molecule has 5 nitrogen and oxygen atoms in total. The number of fused-ring (bicyclic) bond motifs is 1. The lowest BCUT2D eigenvalue weighted by Gasteiger charge is -2.45. The van der Waals surface area contributed by atoms with Gasteiger partial charge < -0.3 is 15.0 Å².